The third kappa shape index (κ3) is 4.17. The van der Waals surface area contributed by atoms with Crippen molar-refractivity contribution in [3.05, 3.63) is 82.3 Å². The molecule has 0 bridgehead atoms. The summed E-state index contributed by atoms with van der Waals surface area (Å²) >= 11 is 0. The number of fused-ring (bicyclic) bond motifs is 1. The molecule has 0 saturated carbocycles. The molecule has 5 heteroatoms. The molecule has 0 amide bonds. The molecule has 1 aromatic heterocycles. The lowest BCUT2D eigenvalue weighted by Gasteiger charge is -2.38. The van der Waals surface area contributed by atoms with E-state index in [1.54, 1.807) is 6.07 Å². The van der Waals surface area contributed by atoms with Gasteiger partial charge in [0.05, 0.1) is 22.8 Å². The first kappa shape index (κ1) is 24.2. The first-order valence-corrected chi connectivity index (χ1v) is 12.3. The number of carbonyl (C=O) groups is 1. The number of anilines is 1. The molecule has 0 spiro atoms. The van der Waals surface area contributed by atoms with Crippen molar-refractivity contribution >= 4 is 11.6 Å². The third-order valence-electron chi connectivity index (χ3n) is 7.72. The molecule has 0 aliphatic carbocycles. The maximum atomic E-state index is 14.7. The van der Waals surface area contributed by atoms with Crippen LogP contribution < -0.4 is 5.32 Å². The smallest absolute Gasteiger partial charge is 0.169 e. The predicted octanol–water partition coefficient (Wildman–Crippen LogP) is 7.26. The normalized spacial score (nSPS) is 17.2. The third-order valence-corrected chi connectivity index (χ3v) is 7.72. The van der Waals surface area contributed by atoms with Gasteiger partial charge in [0.15, 0.2) is 5.78 Å². The molecule has 180 valence electrons. The van der Waals surface area contributed by atoms with Gasteiger partial charge in [-0.15, -0.1) is 0 Å². The number of hydrogen-bond acceptors (Lipinski definition) is 3. The number of hydrogen-bond donors (Lipinski definition) is 1. The van der Waals surface area contributed by atoms with Crippen LogP contribution in [0.25, 0.3) is 0 Å². The highest BCUT2D eigenvalue weighted by Crippen LogP contribution is 2.43. The Hall–Kier alpha value is -2.95. The van der Waals surface area contributed by atoms with Crippen molar-refractivity contribution in [2.75, 3.05) is 5.32 Å². The average molecular weight is 462 g/mol. The number of ketones is 1. The molecule has 4 nitrogen and oxygen atoms in total. The summed E-state index contributed by atoms with van der Waals surface area (Å²) in [6, 6.07) is 15.2. The van der Waals surface area contributed by atoms with E-state index in [4.69, 9.17) is 5.10 Å². The summed E-state index contributed by atoms with van der Waals surface area (Å²) in [7, 11) is 0. The zero-order chi connectivity index (χ0) is 24.7. The van der Waals surface area contributed by atoms with Crippen molar-refractivity contribution in [2.45, 2.75) is 84.2 Å². The Morgan fingerprint density at radius 2 is 1.76 bits per heavy atom. The fourth-order valence-electron chi connectivity index (χ4n) is 5.49. The number of aryl methyl sites for hydroxylation is 2. The molecule has 1 aliphatic heterocycles. The Morgan fingerprint density at radius 1 is 1.12 bits per heavy atom. The van der Waals surface area contributed by atoms with Crippen LogP contribution in [0, 0.1) is 19.7 Å². The second-order valence-corrected chi connectivity index (χ2v) is 10.4. The van der Waals surface area contributed by atoms with Crippen LogP contribution >= 0.6 is 0 Å². The van der Waals surface area contributed by atoms with E-state index >= 15 is 0 Å². The Morgan fingerprint density at radius 3 is 2.38 bits per heavy atom. The molecule has 1 aliphatic rings. The Bertz CT molecular complexity index is 1190. The summed E-state index contributed by atoms with van der Waals surface area (Å²) in [5, 5.41) is 8.27. The molecule has 0 fully saturated rings. The minimum absolute atomic E-state index is 0.0838. The molecule has 1 atom stereocenters. The maximum absolute atomic E-state index is 14.7. The molecule has 3 aromatic rings. The zero-order valence-corrected chi connectivity index (χ0v) is 21.2. The average Bonchev–Trinajstić information content (AvgIpc) is 3.15. The fourth-order valence-corrected chi connectivity index (χ4v) is 5.49. The summed E-state index contributed by atoms with van der Waals surface area (Å²) in [6.07, 6.45) is 2.83. The van der Waals surface area contributed by atoms with Crippen molar-refractivity contribution in [1.29, 1.82) is 0 Å². The van der Waals surface area contributed by atoms with E-state index in [2.05, 4.69) is 64.2 Å². The minimum Gasteiger partial charge on any atom is -0.363 e. The number of halogens is 1. The molecule has 1 unspecified atom stereocenters. The van der Waals surface area contributed by atoms with Gasteiger partial charge in [-0.25, -0.2) is 9.07 Å². The van der Waals surface area contributed by atoms with Crippen LogP contribution in [0.15, 0.2) is 48.5 Å². The Kier molecular flexibility index (Phi) is 6.41. The van der Waals surface area contributed by atoms with Crippen molar-refractivity contribution in [2.24, 2.45) is 0 Å². The van der Waals surface area contributed by atoms with Crippen LogP contribution in [0.1, 0.15) is 92.2 Å². The van der Waals surface area contributed by atoms with Crippen molar-refractivity contribution < 1.29 is 9.18 Å². The first-order chi connectivity index (χ1) is 16.1. The zero-order valence-electron chi connectivity index (χ0n) is 21.2. The summed E-state index contributed by atoms with van der Waals surface area (Å²) < 4.78 is 16.6. The van der Waals surface area contributed by atoms with Crippen molar-refractivity contribution in [1.82, 2.24) is 9.78 Å². The lowest BCUT2D eigenvalue weighted by Crippen LogP contribution is -2.38. The lowest BCUT2D eigenvalue weighted by molar-refractivity contribution is 0.0944. The standard InChI is InChI=1S/C29H36FN3O/c1-7-29(8-2,21-15-13-19(3)14-16-21)18-25(34)26-20(4)32-33-27(26)31-24(17-28(33,5)6)22-11-9-10-12-23(22)30/h9-16,24,31H,7-8,17-18H2,1-6H3. The van der Waals surface area contributed by atoms with Gasteiger partial charge in [0, 0.05) is 17.4 Å². The van der Waals surface area contributed by atoms with Crippen molar-refractivity contribution in [3.63, 3.8) is 0 Å². The van der Waals surface area contributed by atoms with Gasteiger partial charge < -0.3 is 5.32 Å². The van der Waals surface area contributed by atoms with E-state index in [1.807, 2.05) is 23.7 Å². The number of rotatable bonds is 7. The largest absolute Gasteiger partial charge is 0.363 e. The van der Waals surface area contributed by atoms with E-state index in [9.17, 15) is 9.18 Å². The lowest BCUT2D eigenvalue weighted by atomic mass is 9.71. The number of Topliss-reactive ketones (excluding diaryl/α,β-unsaturated/α-hetero) is 1. The summed E-state index contributed by atoms with van der Waals surface area (Å²) in [5.74, 6) is 0.557. The second kappa shape index (κ2) is 9.01. The van der Waals surface area contributed by atoms with Crippen LogP contribution in [0.4, 0.5) is 10.2 Å². The van der Waals surface area contributed by atoms with Crippen LogP contribution in [-0.4, -0.2) is 15.6 Å². The second-order valence-electron chi connectivity index (χ2n) is 10.4. The Labute approximate surface area is 202 Å². The number of nitrogens with one attached hydrogen (secondary N) is 1. The molecular formula is C29H36FN3O. The Balaban J connectivity index is 1.74. The van der Waals surface area contributed by atoms with Gasteiger partial charge in [0.2, 0.25) is 0 Å². The number of nitrogens with zero attached hydrogens (tertiary/aromatic N) is 2. The highest BCUT2D eigenvalue weighted by atomic mass is 19.1. The quantitative estimate of drug-likeness (QED) is 0.377. The van der Waals surface area contributed by atoms with E-state index in [0.717, 1.165) is 18.5 Å². The van der Waals surface area contributed by atoms with Gasteiger partial charge in [-0.2, -0.15) is 5.10 Å². The molecule has 2 aromatic carbocycles. The van der Waals surface area contributed by atoms with Crippen LogP contribution in [0.2, 0.25) is 0 Å². The minimum atomic E-state index is -0.361. The predicted molar refractivity (Wildman–Crippen MR) is 136 cm³/mol. The summed E-state index contributed by atoms with van der Waals surface area (Å²) in [6.45, 7) is 12.5. The molecule has 1 N–H and O–H groups in total. The first-order valence-electron chi connectivity index (χ1n) is 12.3. The van der Waals surface area contributed by atoms with Crippen LogP contribution in [0.3, 0.4) is 0 Å². The van der Waals surface area contributed by atoms with Crippen LogP contribution in [0.5, 0.6) is 0 Å². The monoisotopic (exact) mass is 461 g/mol. The van der Waals surface area contributed by atoms with Gasteiger partial charge in [-0.05, 0) is 58.6 Å². The fraction of sp³-hybridized carbons (Fsp3) is 0.448. The molecular weight excluding hydrogens is 425 g/mol. The molecule has 0 saturated heterocycles. The molecule has 4 rings (SSSR count). The number of benzene rings is 2. The maximum Gasteiger partial charge on any atom is 0.169 e. The number of aromatic nitrogens is 2. The molecule has 2 heterocycles. The van der Waals surface area contributed by atoms with Gasteiger partial charge in [0.1, 0.15) is 11.6 Å². The van der Waals surface area contributed by atoms with Gasteiger partial charge in [-0.3, -0.25) is 4.79 Å². The summed E-state index contributed by atoms with van der Waals surface area (Å²) in [4.78, 5) is 13.9. The van der Waals surface area contributed by atoms with E-state index in [1.165, 1.54) is 17.2 Å². The SMILES string of the molecule is CCC(CC)(CC(=O)c1c(C)nn2c1NC(c1ccccc1F)CC2(C)C)c1ccc(C)cc1. The van der Waals surface area contributed by atoms with Gasteiger partial charge in [-0.1, -0.05) is 61.9 Å². The van der Waals surface area contributed by atoms with Crippen molar-refractivity contribution in [3.8, 4) is 0 Å². The van der Waals surface area contributed by atoms with E-state index in [-0.39, 0.29) is 28.6 Å². The van der Waals surface area contributed by atoms with Gasteiger partial charge >= 0.3 is 0 Å². The summed E-state index contributed by atoms with van der Waals surface area (Å²) in [5.41, 5.74) is 3.79. The highest BCUT2D eigenvalue weighted by Gasteiger charge is 2.40. The topological polar surface area (TPSA) is 46.9 Å². The van der Waals surface area contributed by atoms with Gasteiger partial charge in [0.25, 0.3) is 0 Å². The molecule has 0 radical (unpaired) electrons. The highest BCUT2D eigenvalue weighted by molar-refractivity contribution is 6.02. The van der Waals surface area contributed by atoms with Crippen LogP contribution in [-0.2, 0) is 11.0 Å². The van der Waals surface area contributed by atoms with E-state index < -0.39 is 0 Å². The molecule has 34 heavy (non-hydrogen) atoms. The number of carbonyl (C=O) groups excluding carboxylic acids is 1. The van der Waals surface area contributed by atoms with E-state index in [0.29, 0.717) is 29.8 Å².